The Hall–Kier alpha value is -3.01. The molecule has 0 saturated heterocycles. The molecule has 0 aliphatic heterocycles. The molecule has 1 fully saturated rings. The predicted molar refractivity (Wildman–Crippen MR) is 76.8 cm³/mol. The van der Waals surface area contributed by atoms with Gasteiger partial charge in [0.2, 0.25) is 5.82 Å². The predicted octanol–water partition coefficient (Wildman–Crippen LogP) is 2.97. The van der Waals surface area contributed by atoms with Crippen molar-refractivity contribution in [2.24, 2.45) is 0 Å². The summed E-state index contributed by atoms with van der Waals surface area (Å²) in [4.78, 5) is 14.5. The third-order valence-corrected chi connectivity index (χ3v) is 3.64. The molecule has 1 saturated carbocycles. The zero-order chi connectivity index (χ0) is 15.7. The van der Waals surface area contributed by atoms with Crippen molar-refractivity contribution in [3.8, 4) is 6.07 Å². The van der Waals surface area contributed by atoms with Crippen LogP contribution in [0.25, 0.3) is 0 Å². The average molecular weight is 298 g/mol. The summed E-state index contributed by atoms with van der Waals surface area (Å²) in [6.45, 7) is 0. The Labute approximate surface area is 125 Å². The van der Waals surface area contributed by atoms with Crippen molar-refractivity contribution in [2.75, 3.05) is 5.32 Å². The Morgan fingerprint density at radius 3 is 2.73 bits per heavy atom. The Morgan fingerprint density at radius 2 is 2.09 bits per heavy atom. The highest BCUT2D eigenvalue weighted by Gasteiger charge is 2.40. The number of nitrogens with one attached hydrogen (secondary N) is 1. The topological polar surface area (TPSA) is 91.8 Å². The van der Waals surface area contributed by atoms with Crippen molar-refractivity contribution < 1.29 is 9.31 Å². The molecule has 7 heteroatoms. The molecule has 0 unspecified atom stereocenters. The lowest BCUT2D eigenvalue weighted by Crippen LogP contribution is -2.09. The lowest BCUT2D eigenvalue weighted by molar-refractivity contribution is -0.384. The first kappa shape index (κ1) is 13.9. The summed E-state index contributed by atoms with van der Waals surface area (Å²) in [6, 6.07) is 9.29. The van der Waals surface area contributed by atoms with Crippen LogP contribution in [0.1, 0.15) is 23.5 Å². The van der Waals surface area contributed by atoms with Crippen LogP contribution in [-0.2, 0) is 0 Å². The molecular weight excluding hydrogens is 287 g/mol. The molecule has 2 aromatic rings. The Morgan fingerprint density at radius 1 is 1.36 bits per heavy atom. The monoisotopic (exact) mass is 298 g/mol. The van der Waals surface area contributed by atoms with E-state index >= 15 is 0 Å². The van der Waals surface area contributed by atoms with Crippen LogP contribution in [0.15, 0.2) is 36.5 Å². The Kier molecular flexibility index (Phi) is 3.43. The SMILES string of the molecule is N#Cc1ccnc(N[C@@H]2C[C@H]2c2ccc(F)cc2)c1[N+](=O)[O-]. The van der Waals surface area contributed by atoms with Gasteiger partial charge in [-0.2, -0.15) is 5.26 Å². The van der Waals surface area contributed by atoms with Crippen molar-refractivity contribution in [3.05, 3.63) is 63.6 Å². The number of benzene rings is 1. The van der Waals surface area contributed by atoms with Crippen molar-refractivity contribution in [2.45, 2.75) is 18.4 Å². The first-order valence-electron chi connectivity index (χ1n) is 6.65. The number of nitrogens with zero attached hydrogens (tertiary/aromatic N) is 3. The van der Waals surface area contributed by atoms with E-state index in [2.05, 4.69) is 10.3 Å². The van der Waals surface area contributed by atoms with Gasteiger partial charge < -0.3 is 5.32 Å². The molecule has 3 rings (SSSR count). The van der Waals surface area contributed by atoms with Crippen LogP contribution in [0.5, 0.6) is 0 Å². The molecule has 0 bridgehead atoms. The zero-order valence-corrected chi connectivity index (χ0v) is 11.4. The van der Waals surface area contributed by atoms with Gasteiger partial charge in [-0.1, -0.05) is 12.1 Å². The second-order valence-electron chi connectivity index (χ2n) is 5.07. The average Bonchev–Trinajstić information content (AvgIpc) is 3.26. The van der Waals surface area contributed by atoms with Crippen molar-refractivity contribution >= 4 is 11.5 Å². The van der Waals surface area contributed by atoms with Gasteiger partial charge in [0, 0.05) is 18.2 Å². The van der Waals surface area contributed by atoms with Gasteiger partial charge in [-0.25, -0.2) is 9.37 Å². The first-order chi connectivity index (χ1) is 10.6. The molecule has 1 aliphatic rings. The first-order valence-corrected chi connectivity index (χ1v) is 6.65. The smallest absolute Gasteiger partial charge is 0.328 e. The van der Waals surface area contributed by atoms with Crippen LogP contribution in [-0.4, -0.2) is 15.9 Å². The summed E-state index contributed by atoms with van der Waals surface area (Å²) in [5.74, 6) is -0.0423. The number of halogens is 1. The van der Waals surface area contributed by atoms with Gasteiger partial charge in [0.1, 0.15) is 17.4 Å². The minimum absolute atomic E-state index is 0.00870. The molecule has 0 amide bonds. The maximum Gasteiger partial charge on any atom is 0.328 e. The van der Waals surface area contributed by atoms with Crippen LogP contribution in [0, 0.1) is 27.3 Å². The number of hydrogen-bond donors (Lipinski definition) is 1. The maximum atomic E-state index is 12.9. The summed E-state index contributed by atoms with van der Waals surface area (Å²) in [6.07, 6.45) is 2.14. The molecule has 1 aromatic heterocycles. The number of rotatable bonds is 4. The van der Waals surface area contributed by atoms with E-state index in [0.29, 0.717) is 0 Å². The fourth-order valence-electron chi connectivity index (χ4n) is 2.44. The minimum atomic E-state index is -0.608. The third kappa shape index (κ3) is 2.59. The zero-order valence-electron chi connectivity index (χ0n) is 11.4. The summed E-state index contributed by atoms with van der Waals surface area (Å²) in [5, 5.41) is 23.1. The van der Waals surface area contributed by atoms with Gasteiger partial charge in [0.15, 0.2) is 0 Å². The fraction of sp³-hybridized carbons (Fsp3) is 0.200. The molecular formula is C15H11FN4O2. The van der Waals surface area contributed by atoms with Crippen molar-refractivity contribution in [1.29, 1.82) is 5.26 Å². The van der Waals surface area contributed by atoms with E-state index in [-0.39, 0.29) is 34.8 Å². The molecule has 6 nitrogen and oxygen atoms in total. The number of pyridine rings is 1. The van der Waals surface area contributed by atoms with Crippen LogP contribution < -0.4 is 5.32 Å². The third-order valence-electron chi connectivity index (χ3n) is 3.64. The fourth-order valence-corrected chi connectivity index (χ4v) is 2.44. The molecule has 0 radical (unpaired) electrons. The summed E-state index contributed by atoms with van der Waals surface area (Å²) in [5.41, 5.74) is 0.634. The highest BCUT2D eigenvalue weighted by Crippen LogP contribution is 2.43. The number of anilines is 1. The molecule has 1 aromatic carbocycles. The van der Waals surface area contributed by atoms with Gasteiger partial charge in [-0.15, -0.1) is 0 Å². The highest BCUT2D eigenvalue weighted by molar-refractivity contribution is 5.65. The molecule has 1 heterocycles. The summed E-state index contributed by atoms with van der Waals surface area (Å²) < 4.78 is 12.9. The van der Waals surface area contributed by atoms with Gasteiger partial charge in [-0.05, 0) is 30.2 Å². The molecule has 1 N–H and O–H groups in total. The minimum Gasteiger partial charge on any atom is -0.361 e. The van der Waals surface area contributed by atoms with Gasteiger partial charge in [0.25, 0.3) is 0 Å². The second kappa shape index (κ2) is 5.41. The van der Waals surface area contributed by atoms with Gasteiger partial charge >= 0.3 is 5.69 Å². The van der Waals surface area contributed by atoms with Gasteiger partial charge in [0.05, 0.1) is 4.92 Å². The quantitative estimate of drug-likeness (QED) is 0.692. The van der Waals surface area contributed by atoms with E-state index in [9.17, 15) is 14.5 Å². The standard InChI is InChI=1S/C15H11FN4O2/c16-11-3-1-9(2-4-11)12-7-13(12)19-15-14(20(21)22)10(8-17)5-6-18-15/h1-6,12-13H,7H2,(H,18,19)/t12-,13+/m0/s1. The lowest BCUT2D eigenvalue weighted by atomic mass is 10.1. The molecule has 0 spiro atoms. The van der Waals surface area contributed by atoms with E-state index < -0.39 is 4.92 Å². The molecule has 110 valence electrons. The van der Waals surface area contributed by atoms with Crippen LogP contribution in [0.2, 0.25) is 0 Å². The Balaban J connectivity index is 1.80. The lowest BCUT2D eigenvalue weighted by Gasteiger charge is -2.06. The number of hydrogen-bond acceptors (Lipinski definition) is 5. The maximum absolute atomic E-state index is 12.9. The van der Waals surface area contributed by atoms with Gasteiger partial charge in [-0.3, -0.25) is 10.1 Å². The highest BCUT2D eigenvalue weighted by atomic mass is 19.1. The summed E-state index contributed by atoms with van der Waals surface area (Å²) in [7, 11) is 0. The van der Waals surface area contributed by atoms with Crippen molar-refractivity contribution in [1.82, 2.24) is 4.98 Å². The van der Waals surface area contributed by atoms with E-state index in [0.717, 1.165) is 12.0 Å². The molecule has 22 heavy (non-hydrogen) atoms. The molecule has 1 aliphatic carbocycles. The van der Waals surface area contributed by atoms with Crippen LogP contribution in [0.4, 0.5) is 15.9 Å². The van der Waals surface area contributed by atoms with E-state index in [1.807, 2.05) is 0 Å². The molecule has 2 atom stereocenters. The summed E-state index contributed by atoms with van der Waals surface area (Å²) >= 11 is 0. The largest absolute Gasteiger partial charge is 0.361 e. The Bertz CT molecular complexity index is 770. The number of nitro groups is 1. The normalized spacial score (nSPS) is 19.3. The number of nitriles is 1. The van der Waals surface area contributed by atoms with E-state index in [4.69, 9.17) is 5.26 Å². The van der Waals surface area contributed by atoms with Crippen molar-refractivity contribution in [3.63, 3.8) is 0 Å². The second-order valence-corrected chi connectivity index (χ2v) is 5.07. The van der Waals surface area contributed by atoms with Crippen LogP contribution in [0.3, 0.4) is 0 Å². The van der Waals surface area contributed by atoms with E-state index in [1.54, 1.807) is 18.2 Å². The van der Waals surface area contributed by atoms with Crippen LogP contribution >= 0.6 is 0 Å². The number of aromatic nitrogens is 1. The van der Waals surface area contributed by atoms with E-state index in [1.165, 1.54) is 24.4 Å².